The number of ether oxygens (including phenoxy) is 1. The molecule has 0 bridgehead atoms. The van der Waals surface area contributed by atoms with Crippen molar-refractivity contribution in [3.63, 3.8) is 0 Å². The van der Waals surface area contributed by atoms with E-state index in [1.807, 2.05) is 12.1 Å². The fourth-order valence-electron chi connectivity index (χ4n) is 2.08. The quantitative estimate of drug-likeness (QED) is 0.610. The lowest BCUT2D eigenvalue weighted by Gasteiger charge is -2.18. The molecular weight excluding hydrogens is 172 g/mol. The fourth-order valence-corrected chi connectivity index (χ4v) is 2.08. The van der Waals surface area contributed by atoms with Crippen LogP contribution in [0, 0.1) is 6.07 Å². The van der Waals surface area contributed by atoms with Crippen molar-refractivity contribution < 1.29 is 4.74 Å². The summed E-state index contributed by atoms with van der Waals surface area (Å²) in [5, 5.41) is 2.58. The summed E-state index contributed by atoms with van der Waals surface area (Å²) < 4.78 is 5.62. The highest BCUT2D eigenvalue weighted by atomic mass is 16.5. The molecule has 2 aromatic rings. The third-order valence-corrected chi connectivity index (χ3v) is 2.76. The number of hydrogen-bond donors (Lipinski definition) is 0. The molecule has 0 amide bonds. The van der Waals surface area contributed by atoms with Gasteiger partial charge in [-0.2, -0.15) is 0 Å². The molecule has 0 N–H and O–H groups in total. The van der Waals surface area contributed by atoms with E-state index >= 15 is 0 Å². The standard InChI is InChI=1S/C13H11O/c1-2-5-11-10(4-1)7-8-13-12(11)6-3-9-14-13/h2,4-5,7-8H,3,6,9H2. The van der Waals surface area contributed by atoms with Crippen LogP contribution in [0.5, 0.6) is 5.75 Å². The largest absolute Gasteiger partial charge is 0.493 e. The minimum Gasteiger partial charge on any atom is -0.493 e. The maximum absolute atomic E-state index is 5.62. The third-order valence-electron chi connectivity index (χ3n) is 2.76. The predicted molar refractivity (Wildman–Crippen MR) is 56.6 cm³/mol. The molecule has 1 aliphatic rings. The zero-order chi connectivity index (χ0) is 9.38. The van der Waals surface area contributed by atoms with Crippen LogP contribution in [0.15, 0.2) is 30.3 Å². The molecule has 0 fully saturated rings. The Balaban J connectivity index is 2.34. The Bertz CT molecular complexity index is 474. The van der Waals surface area contributed by atoms with E-state index in [1.54, 1.807) is 0 Å². The SMILES string of the molecule is [c]1ccc2c3c(ccc2c1)OCCC3. The lowest BCUT2D eigenvalue weighted by atomic mass is 9.98. The molecule has 2 aromatic carbocycles. The van der Waals surface area contributed by atoms with Gasteiger partial charge in [0.25, 0.3) is 0 Å². The molecule has 0 aliphatic carbocycles. The number of benzene rings is 2. The van der Waals surface area contributed by atoms with Crippen molar-refractivity contribution in [3.05, 3.63) is 42.0 Å². The predicted octanol–water partition coefficient (Wildman–Crippen LogP) is 2.96. The van der Waals surface area contributed by atoms with Crippen molar-refractivity contribution >= 4 is 10.8 Å². The van der Waals surface area contributed by atoms with Crippen LogP contribution >= 0.6 is 0 Å². The summed E-state index contributed by atoms with van der Waals surface area (Å²) in [6.07, 6.45) is 2.27. The first-order valence-corrected chi connectivity index (χ1v) is 5.00. The molecule has 14 heavy (non-hydrogen) atoms. The topological polar surface area (TPSA) is 9.23 Å². The van der Waals surface area contributed by atoms with Crippen molar-refractivity contribution in [1.29, 1.82) is 0 Å². The first kappa shape index (κ1) is 7.86. The van der Waals surface area contributed by atoms with E-state index in [9.17, 15) is 0 Å². The Labute approximate surface area is 83.3 Å². The van der Waals surface area contributed by atoms with Crippen LogP contribution in [0.4, 0.5) is 0 Å². The summed E-state index contributed by atoms with van der Waals surface area (Å²) in [6, 6.07) is 13.4. The molecule has 0 aromatic heterocycles. The summed E-state index contributed by atoms with van der Waals surface area (Å²) in [6.45, 7) is 0.859. The Kier molecular flexibility index (Phi) is 1.69. The monoisotopic (exact) mass is 183 g/mol. The summed E-state index contributed by atoms with van der Waals surface area (Å²) in [4.78, 5) is 0. The van der Waals surface area contributed by atoms with E-state index in [4.69, 9.17) is 4.74 Å². The average molecular weight is 183 g/mol. The summed E-state index contributed by atoms with van der Waals surface area (Å²) in [5.74, 6) is 1.06. The summed E-state index contributed by atoms with van der Waals surface area (Å²) in [5.41, 5.74) is 1.36. The van der Waals surface area contributed by atoms with Gasteiger partial charge in [-0.3, -0.25) is 0 Å². The Morgan fingerprint density at radius 2 is 2.21 bits per heavy atom. The van der Waals surface area contributed by atoms with Crippen molar-refractivity contribution in [2.24, 2.45) is 0 Å². The molecule has 0 saturated heterocycles. The molecule has 0 unspecified atom stereocenters. The zero-order valence-corrected chi connectivity index (χ0v) is 7.92. The molecule has 1 nitrogen and oxygen atoms in total. The molecule has 0 spiro atoms. The maximum atomic E-state index is 5.62. The van der Waals surface area contributed by atoms with E-state index < -0.39 is 0 Å². The summed E-state index contributed by atoms with van der Waals surface area (Å²) >= 11 is 0. The molecule has 0 atom stereocenters. The van der Waals surface area contributed by atoms with E-state index in [2.05, 4.69) is 24.3 Å². The Morgan fingerprint density at radius 1 is 1.21 bits per heavy atom. The number of fused-ring (bicyclic) bond motifs is 3. The molecule has 1 aliphatic heterocycles. The number of rotatable bonds is 0. The van der Waals surface area contributed by atoms with Crippen LogP contribution in [0.1, 0.15) is 12.0 Å². The van der Waals surface area contributed by atoms with Crippen molar-refractivity contribution in [2.75, 3.05) is 6.61 Å². The Morgan fingerprint density at radius 3 is 3.21 bits per heavy atom. The highest BCUT2D eigenvalue weighted by Crippen LogP contribution is 2.31. The van der Waals surface area contributed by atoms with Gasteiger partial charge in [-0.1, -0.05) is 18.2 Å². The zero-order valence-electron chi connectivity index (χ0n) is 7.92. The van der Waals surface area contributed by atoms with Crippen LogP contribution in [-0.4, -0.2) is 6.61 Å². The normalized spacial score (nSPS) is 14.9. The molecule has 1 heterocycles. The molecular formula is C13H11O. The highest BCUT2D eigenvalue weighted by Gasteiger charge is 2.12. The second-order valence-corrected chi connectivity index (χ2v) is 3.64. The van der Waals surface area contributed by atoms with Crippen LogP contribution in [-0.2, 0) is 6.42 Å². The third kappa shape index (κ3) is 1.09. The molecule has 3 rings (SSSR count). The van der Waals surface area contributed by atoms with Gasteiger partial charge in [0.2, 0.25) is 0 Å². The number of hydrogen-bond acceptors (Lipinski definition) is 1. The fraction of sp³-hybridized carbons (Fsp3) is 0.231. The van der Waals surface area contributed by atoms with Crippen LogP contribution in [0.3, 0.4) is 0 Å². The van der Waals surface area contributed by atoms with Crippen LogP contribution in [0.2, 0.25) is 0 Å². The van der Waals surface area contributed by atoms with E-state index in [0.29, 0.717) is 0 Å². The second kappa shape index (κ2) is 3.02. The van der Waals surface area contributed by atoms with Gasteiger partial charge in [-0.05, 0) is 41.8 Å². The summed E-state index contributed by atoms with van der Waals surface area (Å²) in [7, 11) is 0. The van der Waals surface area contributed by atoms with Crippen molar-refractivity contribution in [1.82, 2.24) is 0 Å². The maximum Gasteiger partial charge on any atom is 0.123 e. The van der Waals surface area contributed by atoms with Crippen LogP contribution < -0.4 is 4.74 Å². The van der Waals surface area contributed by atoms with E-state index in [0.717, 1.165) is 25.2 Å². The smallest absolute Gasteiger partial charge is 0.123 e. The van der Waals surface area contributed by atoms with Gasteiger partial charge in [-0.15, -0.1) is 0 Å². The molecule has 69 valence electrons. The lowest BCUT2D eigenvalue weighted by Crippen LogP contribution is -2.08. The molecule has 1 radical (unpaired) electrons. The number of aryl methyl sites for hydroxylation is 1. The highest BCUT2D eigenvalue weighted by molar-refractivity contribution is 5.87. The van der Waals surface area contributed by atoms with Gasteiger partial charge in [0.1, 0.15) is 5.75 Å². The Hall–Kier alpha value is -1.50. The van der Waals surface area contributed by atoms with E-state index in [1.165, 1.54) is 16.3 Å². The second-order valence-electron chi connectivity index (χ2n) is 3.64. The van der Waals surface area contributed by atoms with Crippen molar-refractivity contribution in [2.45, 2.75) is 12.8 Å². The first-order chi connectivity index (χ1) is 6.95. The average Bonchev–Trinajstić information content (AvgIpc) is 2.29. The lowest BCUT2D eigenvalue weighted by molar-refractivity contribution is 0.289. The first-order valence-electron chi connectivity index (χ1n) is 5.00. The molecule has 1 heteroatoms. The van der Waals surface area contributed by atoms with Gasteiger partial charge < -0.3 is 4.74 Å². The van der Waals surface area contributed by atoms with Crippen LogP contribution in [0.25, 0.3) is 10.8 Å². The van der Waals surface area contributed by atoms with Gasteiger partial charge >= 0.3 is 0 Å². The van der Waals surface area contributed by atoms with Crippen molar-refractivity contribution in [3.8, 4) is 5.75 Å². The molecule has 0 saturated carbocycles. The van der Waals surface area contributed by atoms with Gasteiger partial charge in [0.05, 0.1) is 6.61 Å². The van der Waals surface area contributed by atoms with E-state index in [-0.39, 0.29) is 0 Å². The van der Waals surface area contributed by atoms with Gasteiger partial charge in [-0.25, -0.2) is 0 Å². The minimum absolute atomic E-state index is 0.859. The van der Waals surface area contributed by atoms with Gasteiger partial charge in [0.15, 0.2) is 0 Å². The van der Waals surface area contributed by atoms with Gasteiger partial charge in [0, 0.05) is 5.56 Å². The minimum atomic E-state index is 0.859.